The molecule has 1 aromatic heterocycles. The Bertz CT molecular complexity index is 916. The van der Waals surface area contributed by atoms with Gasteiger partial charge in [0.25, 0.3) is 0 Å². The Morgan fingerprint density at radius 1 is 0.636 bits per heavy atom. The zero-order valence-electron chi connectivity index (χ0n) is 12.8. The lowest BCUT2D eigenvalue weighted by Gasteiger charge is -2.10. The molecule has 0 aliphatic rings. The SMILES string of the molecule is Cc1ccc2c(-c3cncc4cc(C)ccc34)cccc2c1. The smallest absolute Gasteiger partial charge is 0.0353 e. The first-order chi connectivity index (χ1) is 10.7. The number of aromatic nitrogens is 1. The molecular weight excluding hydrogens is 266 g/mol. The fourth-order valence-electron chi connectivity index (χ4n) is 3.15. The van der Waals surface area contributed by atoms with E-state index >= 15 is 0 Å². The van der Waals surface area contributed by atoms with Gasteiger partial charge < -0.3 is 0 Å². The van der Waals surface area contributed by atoms with Crippen LogP contribution in [0.2, 0.25) is 0 Å². The maximum atomic E-state index is 4.45. The summed E-state index contributed by atoms with van der Waals surface area (Å²) in [4.78, 5) is 4.45. The molecule has 0 N–H and O–H groups in total. The van der Waals surface area contributed by atoms with Gasteiger partial charge in [0.15, 0.2) is 0 Å². The van der Waals surface area contributed by atoms with Crippen molar-refractivity contribution in [2.75, 3.05) is 0 Å². The molecule has 106 valence electrons. The zero-order valence-corrected chi connectivity index (χ0v) is 12.8. The third-order valence-corrected chi connectivity index (χ3v) is 4.24. The highest BCUT2D eigenvalue weighted by molar-refractivity contribution is 6.05. The van der Waals surface area contributed by atoms with Gasteiger partial charge in [0, 0.05) is 23.3 Å². The van der Waals surface area contributed by atoms with Gasteiger partial charge in [-0.3, -0.25) is 4.98 Å². The van der Waals surface area contributed by atoms with Crippen LogP contribution in [-0.4, -0.2) is 4.98 Å². The molecule has 1 heterocycles. The number of hydrogen-bond acceptors (Lipinski definition) is 1. The largest absolute Gasteiger partial charge is 0.263 e. The second-order valence-electron chi connectivity index (χ2n) is 5.94. The van der Waals surface area contributed by atoms with E-state index in [0.717, 1.165) is 0 Å². The number of benzene rings is 3. The molecular formula is C21H17N. The van der Waals surface area contributed by atoms with Gasteiger partial charge in [-0.15, -0.1) is 0 Å². The van der Waals surface area contributed by atoms with Crippen molar-refractivity contribution in [1.29, 1.82) is 0 Å². The summed E-state index contributed by atoms with van der Waals surface area (Å²) in [6.45, 7) is 4.25. The fourth-order valence-corrected chi connectivity index (χ4v) is 3.15. The van der Waals surface area contributed by atoms with Crippen LogP contribution in [0.3, 0.4) is 0 Å². The third kappa shape index (κ3) is 2.06. The topological polar surface area (TPSA) is 12.9 Å². The normalized spacial score (nSPS) is 11.2. The Balaban J connectivity index is 2.07. The molecule has 1 nitrogen and oxygen atoms in total. The van der Waals surface area contributed by atoms with Crippen molar-refractivity contribution in [2.24, 2.45) is 0 Å². The van der Waals surface area contributed by atoms with Gasteiger partial charge >= 0.3 is 0 Å². The average molecular weight is 283 g/mol. The number of fused-ring (bicyclic) bond motifs is 2. The van der Waals surface area contributed by atoms with E-state index in [-0.39, 0.29) is 0 Å². The summed E-state index contributed by atoms with van der Waals surface area (Å²) in [6.07, 6.45) is 3.92. The minimum Gasteiger partial charge on any atom is -0.263 e. The number of hydrogen-bond donors (Lipinski definition) is 0. The van der Waals surface area contributed by atoms with Gasteiger partial charge in [0.1, 0.15) is 0 Å². The lowest BCUT2D eigenvalue weighted by molar-refractivity contribution is 1.36. The van der Waals surface area contributed by atoms with Crippen molar-refractivity contribution in [3.8, 4) is 11.1 Å². The van der Waals surface area contributed by atoms with E-state index in [9.17, 15) is 0 Å². The number of aryl methyl sites for hydroxylation is 2. The third-order valence-electron chi connectivity index (χ3n) is 4.24. The Morgan fingerprint density at radius 3 is 2.09 bits per heavy atom. The summed E-state index contributed by atoms with van der Waals surface area (Å²) in [7, 11) is 0. The Labute approximate surface area is 130 Å². The standard InChI is InChI=1S/C21H17N/c1-14-6-8-18-16(10-14)4-3-5-20(18)21-13-22-12-17-11-15(2)7-9-19(17)21/h3-13H,1-2H3. The summed E-state index contributed by atoms with van der Waals surface area (Å²) in [5, 5.41) is 5.01. The van der Waals surface area contributed by atoms with Gasteiger partial charge in [-0.1, -0.05) is 59.7 Å². The predicted molar refractivity (Wildman–Crippen MR) is 94.2 cm³/mol. The molecule has 1 heteroatoms. The minimum atomic E-state index is 1.20. The molecule has 0 aliphatic carbocycles. The highest BCUT2D eigenvalue weighted by atomic mass is 14.6. The summed E-state index contributed by atoms with van der Waals surface area (Å²) in [5.74, 6) is 0. The fraction of sp³-hybridized carbons (Fsp3) is 0.0952. The van der Waals surface area contributed by atoms with Crippen molar-refractivity contribution < 1.29 is 0 Å². The molecule has 0 radical (unpaired) electrons. The monoisotopic (exact) mass is 283 g/mol. The van der Waals surface area contributed by atoms with E-state index in [1.165, 1.54) is 43.8 Å². The number of pyridine rings is 1. The second kappa shape index (κ2) is 4.96. The minimum absolute atomic E-state index is 1.20. The average Bonchev–Trinajstić information content (AvgIpc) is 2.53. The summed E-state index contributed by atoms with van der Waals surface area (Å²) < 4.78 is 0. The van der Waals surface area contributed by atoms with E-state index in [4.69, 9.17) is 0 Å². The highest BCUT2D eigenvalue weighted by Gasteiger charge is 2.08. The number of rotatable bonds is 1. The molecule has 0 atom stereocenters. The number of nitrogens with zero attached hydrogens (tertiary/aromatic N) is 1. The van der Waals surface area contributed by atoms with Crippen molar-refractivity contribution in [3.63, 3.8) is 0 Å². The van der Waals surface area contributed by atoms with Crippen LogP contribution in [0.5, 0.6) is 0 Å². The molecule has 0 amide bonds. The molecule has 0 unspecified atom stereocenters. The van der Waals surface area contributed by atoms with Crippen LogP contribution in [0.1, 0.15) is 11.1 Å². The molecule has 0 fully saturated rings. The maximum absolute atomic E-state index is 4.45. The molecule has 0 saturated heterocycles. The van der Waals surface area contributed by atoms with E-state index in [1.54, 1.807) is 0 Å². The van der Waals surface area contributed by atoms with Gasteiger partial charge in [-0.05, 0) is 41.6 Å². The molecule has 4 rings (SSSR count). The lowest BCUT2D eigenvalue weighted by Crippen LogP contribution is -1.87. The van der Waals surface area contributed by atoms with E-state index in [0.29, 0.717) is 0 Å². The van der Waals surface area contributed by atoms with Crippen LogP contribution in [0.4, 0.5) is 0 Å². The maximum Gasteiger partial charge on any atom is 0.0353 e. The van der Waals surface area contributed by atoms with Crippen LogP contribution < -0.4 is 0 Å². The van der Waals surface area contributed by atoms with Crippen molar-refractivity contribution >= 4 is 21.5 Å². The van der Waals surface area contributed by atoms with Crippen molar-refractivity contribution in [2.45, 2.75) is 13.8 Å². The first-order valence-corrected chi connectivity index (χ1v) is 7.56. The Morgan fingerprint density at radius 2 is 1.32 bits per heavy atom. The van der Waals surface area contributed by atoms with E-state index in [2.05, 4.69) is 73.4 Å². The zero-order chi connectivity index (χ0) is 15.1. The quantitative estimate of drug-likeness (QED) is 0.438. The second-order valence-corrected chi connectivity index (χ2v) is 5.94. The van der Waals surface area contributed by atoms with Crippen molar-refractivity contribution in [1.82, 2.24) is 4.98 Å². The van der Waals surface area contributed by atoms with Crippen LogP contribution in [0.15, 0.2) is 67.0 Å². The summed E-state index contributed by atoms with van der Waals surface area (Å²) in [6, 6.07) is 19.7. The summed E-state index contributed by atoms with van der Waals surface area (Å²) >= 11 is 0. The first-order valence-electron chi connectivity index (χ1n) is 7.56. The lowest BCUT2D eigenvalue weighted by atomic mass is 9.94. The molecule has 0 bridgehead atoms. The highest BCUT2D eigenvalue weighted by Crippen LogP contribution is 2.33. The van der Waals surface area contributed by atoms with Gasteiger partial charge in [-0.2, -0.15) is 0 Å². The van der Waals surface area contributed by atoms with E-state index in [1.807, 2.05) is 12.4 Å². The molecule has 22 heavy (non-hydrogen) atoms. The van der Waals surface area contributed by atoms with Crippen molar-refractivity contribution in [3.05, 3.63) is 78.1 Å². The molecule has 0 spiro atoms. The van der Waals surface area contributed by atoms with Gasteiger partial charge in [-0.25, -0.2) is 0 Å². The van der Waals surface area contributed by atoms with Crippen LogP contribution >= 0.6 is 0 Å². The predicted octanol–water partition coefficient (Wildman–Crippen LogP) is 5.67. The van der Waals surface area contributed by atoms with Crippen LogP contribution in [0, 0.1) is 13.8 Å². The Hall–Kier alpha value is -2.67. The molecule has 0 saturated carbocycles. The van der Waals surface area contributed by atoms with Gasteiger partial charge in [0.2, 0.25) is 0 Å². The Kier molecular flexibility index (Phi) is 2.93. The molecule has 3 aromatic carbocycles. The van der Waals surface area contributed by atoms with E-state index < -0.39 is 0 Å². The van der Waals surface area contributed by atoms with Gasteiger partial charge in [0.05, 0.1) is 0 Å². The first kappa shape index (κ1) is 13.0. The van der Waals surface area contributed by atoms with Crippen LogP contribution in [-0.2, 0) is 0 Å². The molecule has 4 aromatic rings. The van der Waals surface area contributed by atoms with Crippen LogP contribution in [0.25, 0.3) is 32.7 Å². The summed E-state index contributed by atoms with van der Waals surface area (Å²) in [5.41, 5.74) is 5.00. The molecule has 0 aliphatic heterocycles.